The average Bonchev–Trinajstić information content (AvgIpc) is 3.19. The number of methoxy groups -OCH3 is 1. The molecule has 0 unspecified atom stereocenters. The fourth-order valence-electron chi connectivity index (χ4n) is 4.01. The normalized spacial score (nSPS) is 15.0. The number of nitrogens with zero attached hydrogens (tertiary/aromatic N) is 6. The van der Waals surface area contributed by atoms with Gasteiger partial charge in [0.1, 0.15) is 17.9 Å². The molecule has 2 aromatic heterocycles. The summed E-state index contributed by atoms with van der Waals surface area (Å²) in [4.78, 5) is 37.5. The molecule has 0 radical (unpaired) electrons. The van der Waals surface area contributed by atoms with Crippen LogP contribution >= 0.6 is 0 Å². The van der Waals surface area contributed by atoms with Crippen LogP contribution in [-0.4, -0.2) is 69.8 Å². The molecule has 10 heteroatoms. The van der Waals surface area contributed by atoms with Gasteiger partial charge in [0.25, 0.3) is 0 Å². The molecule has 2 amide bonds. The highest BCUT2D eigenvalue weighted by molar-refractivity contribution is 5.87. The van der Waals surface area contributed by atoms with Crippen molar-refractivity contribution in [3.05, 3.63) is 42.4 Å². The van der Waals surface area contributed by atoms with Crippen molar-refractivity contribution in [3.63, 3.8) is 0 Å². The van der Waals surface area contributed by atoms with Crippen LogP contribution in [0.4, 0.5) is 5.82 Å². The van der Waals surface area contributed by atoms with Crippen LogP contribution in [0.3, 0.4) is 0 Å². The fraction of sp³-hybridized carbons (Fsp3) is 0.409. The summed E-state index contributed by atoms with van der Waals surface area (Å²) in [6.07, 6.45) is 3.52. The zero-order valence-corrected chi connectivity index (χ0v) is 18.5. The zero-order chi connectivity index (χ0) is 22.7. The standard InChI is InChI=1S/C22H27N7O3/c1-15(30)26-19(16-4-6-17(32-3)7-5-16)12-20(31)28-8-10-29(11-9-28)22-18-13-25-27(2)21(18)23-14-24-22/h4-7,13-14,19H,8-12H2,1-3H3,(H,26,30)/t19-/m1/s1. The van der Waals surface area contributed by atoms with Crippen molar-refractivity contribution in [3.8, 4) is 5.75 Å². The number of anilines is 1. The molecule has 0 spiro atoms. The monoisotopic (exact) mass is 437 g/mol. The Balaban J connectivity index is 1.41. The first kappa shape index (κ1) is 21.5. The van der Waals surface area contributed by atoms with E-state index in [9.17, 15) is 9.59 Å². The molecule has 1 aromatic carbocycles. The quantitative estimate of drug-likeness (QED) is 0.619. The summed E-state index contributed by atoms with van der Waals surface area (Å²) in [7, 11) is 3.45. The van der Waals surface area contributed by atoms with E-state index in [4.69, 9.17) is 4.74 Å². The highest BCUT2D eigenvalue weighted by Crippen LogP contribution is 2.25. The summed E-state index contributed by atoms with van der Waals surface area (Å²) < 4.78 is 6.92. The number of piperazine rings is 1. The Morgan fingerprint density at radius 3 is 2.50 bits per heavy atom. The van der Waals surface area contributed by atoms with Gasteiger partial charge in [0.2, 0.25) is 11.8 Å². The first-order valence-electron chi connectivity index (χ1n) is 10.5. The minimum absolute atomic E-state index is 0.00781. The third-order valence-electron chi connectivity index (χ3n) is 5.71. The van der Waals surface area contributed by atoms with Gasteiger partial charge in [-0.25, -0.2) is 9.97 Å². The number of aryl methyl sites for hydroxylation is 1. The third kappa shape index (κ3) is 4.48. The topological polar surface area (TPSA) is 105 Å². The Bertz CT molecular complexity index is 1100. The van der Waals surface area contributed by atoms with Crippen molar-refractivity contribution in [2.75, 3.05) is 38.2 Å². The molecule has 1 fully saturated rings. The summed E-state index contributed by atoms with van der Waals surface area (Å²) in [6.45, 7) is 3.96. The summed E-state index contributed by atoms with van der Waals surface area (Å²) in [5.74, 6) is 1.40. The molecule has 1 aliphatic heterocycles. The Morgan fingerprint density at radius 2 is 1.84 bits per heavy atom. The molecule has 0 saturated carbocycles. The lowest BCUT2D eigenvalue weighted by atomic mass is 10.0. The fourth-order valence-corrected chi connectivity index (χ4v) is 4.01. The SMILES string of the molecule is COc1ccc([C@@H](CC(=O)N2CCN(c3ncnc4c3cnn4C)CC2)NC(C)=O)cc1. The van der Waals surface area contributed by atoms with Crippen LogP contribution in [-0.2, 0) is 16.6 Å². The van der Waals surface area contributed by atoms with Gasteiger partial charge in [0, 0.05) is 40.2 Å². The number of amides is 2. The van der Waals surface area contributed by atoms with Crippen LogP contribution < -0.4 is 15.0 Å². The van der Waals surface area contributed by atoms with E-state index in [1.54, 1.807) is 24.3 Å². The van der Waals surface area contributed by atoms with Crippen LogP contribution in [0, 0.1) is 0 Å². The average molecular weight is 438 g/mol. The first-order chi connectivity index (χ1) is 15.5. The summed E-state index contributed by atoms with van der Waals surface area (Å²) in [6, 6.07) is 7.02. The Hall–Kier alpha value is -3.69. The number of carbonyl (C=O) groups excluding carboxylic acids is 2. The molecule has 1 saturated heterocycles. The maximum Gasteiger partial charge on any atom is 0.225 e. The highest BCUT2D eigenvalue weighted by atomic mass is 16.5. The van der Waals surface area contributed by atoms with Gasteiger partial charge in [-0.1, -0.05) is 12.1 Å². The molecule has 1 atom stereocenters. The van der Waals surface area contributed by atoms with Gasteiger partial charge in [-0.05, 0) is 17.7 Å². The van der Waals surface area contributed by atoms with E-state index < -0.39 is 0 Å². The Labute approximate surface area is 186 Å². The molecule has 4 rings (SSSR count). The number of hydrogen-bond acceptors (Lipinski definition) is 7. The van der Waals surface area contributed by atoms with Crippen LogP contribution in [0.25, 0.3) is 11.0 Å². The molecule has 1 N–H and O–H groups in total. The number of aromatic nitrogens is 4. The summed E-state index contributed by atoms with van der Waals surface area (Å²) in [5, 5.41) is 8.07. The lowest BCUT2D eigenvalue weighted by Crippen LogP contribution is -2.49. The van der Waals surface area contributed by atoms with Gasteiger partial charge < -0.3 is 19.9 Å². The number of hydrogen-bond donors (Lipinski definition) is 1. The molecule has 168 valence electrons. The van der Waals surface area contributed by atoms with Crippen molar-refractivity contribution < 1.29 is 14.3 Å². The maximum atomic E-state index is 13.0. The lowest BCUT2D eigenvalue weighted by Gasteiger charge is -2.36. The maximum absolute atomic E-state index is 13.0. The van der Waals surface area contributed by atoms with Crippen molar-refractivity contribution in [1.82, 2.24) is 30.0 Å². The predicted octanol–water partition coefficient (Wildman–Crippen LogP) is 1.29. The van der Waals surface area contributed by atoms with E-state index in [1.165, 1.54) is 6.92 Å². The minimum Gasteiger partial charge on any atom is -0.497 e. The molecular weight excluding hydrogens is 410 g/mol. The van der Waals surface area contributed by atoms with Gasteiger partial charge in [-0.2, -0.15) is 5.10 Å². The van der Waals surface area contributed by atoms with Crippen LogP contribution in [0.5, 0.6) is 5.75 Å². The number of ether oxygens (including phenoxy) is 1. The highest BCUT2D eigenvalue weighted by Gasteiger charge is 2.26. The van der Waals surface area contributed by atoms with Crippen LogP contribution in [0.15, 0.2) is 36.8 Å². The van der Waals surface area contributed by atoms with Gasteiger partial charge in [0.15, 0.2) is 5.65 Å². The Morgan fingerprint density at radius 1 is 1.12 bits per heavy atom. The van der Waals surface area contributed by atoms with Gasteiger partial charge in [0.05, 0.1) is 31.2 Å². The first-order valence-corrected chi connectivity index (χ1v) is 10.5. The molecule has 10 nitrogen and oxygen atoms in total. The number of rotatable bonds is 6. The Kier molecular flexibility index (Phi) is 6.20. The van der Waals surface area contributed by atoms with Crippen molar-refractivity contribution >= 4 is 28.7 Å². The number of nitrogens with one attached hydrogen (secondary N) is 1. The second-order valence-electron chi connectivity index (χ2n) is 7.80. The molecule has 3 aromatic rings. The van der Waals surface area contributed by atoms with Crippen LogP contribution in [0.1, 0.15) is 24.9 Å². The van der Waals surface area contributed by atoms with Crippen LogP contribution in [0.2, 0.25) is 0 Å². The number of benzene rings is 1. The van der Waals surface area contributed by atoms with Gasteiger partial charge >= 0.3 is 0 Å². The van der Waals surface area contributed by atoms with Gasteiger partial charge in [-0.3, -0.25) is 14.3 Å². The minimum atomic E-state index is -0.388. The predicted molar refractivity (Wildman–Crippen MR) is 119 cm³/mol. The molecule has 3 heterocycles. The molecule has 0 bridgehead atoms. The van der Waals surface area contributed by atoms with E-state index in [0.29, 0.717) is 26.2 Å². The van der Waals surface area contributed by atoms with E-state index in [1.807, 2.05) is 36.2 Å². The lowest BCUT2D eigenvalue weighted by molar-refractivity contribution is -0.132. The second kappa shape index (κ2) is 9.21. The molecule has 0 aliphatic carbocycles. The van der Waals surface area contributed by atoms with Crippen molar-refractivity contribution in [1.29, 1.82) is 0 Å². The number of carbonyl (C=O) groups is 2. The molecule has 1 aliphatic rings. The van der Waals surface area contributed by atoms with E-state index >= 15 is 0 Å². The summed E-state index contributed by atoms with van der Waals surface area (Å²) >= 11 is 0. The summed E-state index contributed by atoms with van der Waals surface area (Å²) in [5.41, 5.74) is 1.65. The van der Waals surface area contributed by atoms with E-state index in [2.05, 4.69) is 25.3 Å². The smallest absolute Gasteiger partial charge is 0.225 e. The van der Waals surface area contributed by atoms with E-state index in [0.717, 1.165) is 28.2 Å². The molecular formula is C22H27N7O3. The van der Waals surface area contributed by atoms with Crippen molar-refractivity contribution in [2.45, 2.75) is 19.4 Å². The van der Waals surface area contributed by atoms with Crippen molar-refractivity contribution in [2.24, 2.45) is 7.05 Å². The number of fused-ring (bicyclic) bond motifs is 1. The molecule has 32 heavy (non-hydrogen) atoms. The third-order valence-corrected chi connectivity index (χ3v) is 5.71. The van der Waals surface area contributed by atoms with Gasteiger partial charge in [-0.15, -0.1) is 0 Å². The zero-order valence-electron chi connectivity index (χ0n) is 18.5. The van der Waals surface area contributed by atoms with E-state index in [-0.39, 0.29) is 24.3 Å². The largest absolute Gasteiger partial charge is 0.497 e. The second-order valence-corrected chi connectivity index (χ2v) is 7.80.